The lowest BCUT2D eigenvalue weighted by Crippen LogP contribution is -1.89. The highest BCUT2D eigenvalue weighted by Gasteiger charge is 2.05. The maximum absolute atomic E-state index is 10.6. The second kappa shape index (κ2) is 3.94. The van der Waals surface area contributed by atoms with E-state index in [4.69, 9.17) is 4.18 Å². The van der Waals surface area contributed by atoms with Gasteiger partial charge >= 0.3 is 5.97 Å². The standard InChI is InChI=1S/C10H10N2O2S/c1-6-3-4-8-9(5-6)12-10(11-8)15-14-7(2)13/h3-5H,1-2H3,(H,11,12). The predicted octanol–water partition coefficient (Wildman–Crippen LogP) is 2.44. The van der Waals surface area contributed by atoms with Crippen molar-refractivity contribution in [3.8, 4) is 0 Å². The van der Waals surface area contributed by atoms with Crippen molar-refractivity contribution in [1.29, 1.82) is 0 Å². The van der Waals surface area contributed by atoms with Crippen LogP contribution in [0.4, 0.5) is 0 Å². The lowest BCUT2D eigenvalue weighted by Gasteiger charge is -1.92. The van der Waals surface area contributed by atoms with Gasteiger partial charge in [-0.3, -0.25) is 4.79 Å². The van der Waals surface area contributed by atoms with Crippen LogP contribution < -0.4 is 0 Å². The highest BCUT2D eigenvalue weighted by atomic mass is 32.2. The van der Waals surface area contributed by atoms with Crippen LogP contribution in [0.25, 0.3) is 11.0 Å². The molecule has 0 fully saturated rings. The molecule has 0 spiro atoms. The number of carbonyl (C=O) groups is 1. The van der Waals surface area contributed by atoms with Gasteiger partial charge in [0.25, 0.3) is 0 Å². The van der Waals surface area contributed by atoms with Gasteiger partial charge in [0.1, 0.15) is 12.0 Å². The zero-order valence-corrected chi connectivity index (χ0v) is 9.22. The number of nitrogens with one attached hydrogen (secondary N) is 1. The van der Waals surface area contributed by atoms with Crippen molar-refractivity contribution in [2.45, 2.75) is 19.0 Å². The molecule has 4 nitrogen and oxygen atoms in total. The molecule has 2 rings (SSSR count). The maximum Gasteiger partial charge on any atom is 0.315 e. The Labute approximate surface area is 91.2 Å². The molecular weight excluding hydrogens is 212 g/mol. The molecule has 0 radical (unpaired) electrons. The summed E-state index contributed by atoms with van der Waals surface area (Å²) >= 11 is 0.944. The fraction of sp³-hybridized carbons (Fsp3) is 0.200. The Hall–Kier alpha value is -1.49. The molecule has 0 saturated carbocycles. The number of aryl methyl sites for hydroxylation is 1. The van der Waals surface area contributed by atoms with E-state index in [1.54, 1.807) is 0 Å². The van der Waals surface area contributed by atoms with Crippen LogP contribution in [0.15, 0.2) is 23.4 Å². The number of aromatic amines is 1. The van der Waals surface area contributed by atoms with Crippen molar-refractivity contribution in [1.82, 2.24) is 9.97 Å². The number of H-pyrrole nitrogens is 1. The largest absolute Gasteiger partial charge is 0.383 e. The number of nitrogens with zero attached hydrogens (tertiary/aromatic N) is 1. The summed E-state index contributed by atoms with van der Waals surface area (Å²) in [5.74, 6) is -0.336. The second-order valence-electron chi connectivity index (χ2n) is 3.22. The second-order valence-corrected chi connectivity index (χ2v) is 3.94. The number of aromatic nitrogens is 2. The lowest BCUT2D eigenvalue weighted by molar-refractivity contribution is -0.130. The number of hydrogen-bond donors (Lipinski definition) is 1. The molecule has 1 heterocycles. The van der Waals surface area contributed by atoms with E-state index in [0.29, 0.717) is 5.16 Å². The van der Waals surface area contributed by atoms with Gasteiger partial charge in [-0.25, -0.2) is 4.98 Å². The number of hydrogen-bond acceptors (Lipinski definition) is 4. The van der Waals surface area contributed by atoms with Crippen LogP contribution >= 0.6 is 12.0 Å². The molecule has 78 valence electrons. The Balaban J connectivity index is 2.27. The van der Waals surface area contributed by atoms with Crippen LogP contribution in [0, 0.1) is 6.92 Å². The summed E-state index contributed by atoms with van der Waals surface area (Å²) < 4.78 is 4.77. The number of benzene rings is 1. The molecule has 1 N–H and O–H groups in total. The monoisotopic (exact) mass is 222 g/mol. The van der Waals surface area contributed by atoms with Gasteiger partial charge in [0.05, 0.1) is 11.0 Å². The third-order valence-corrected chi connectivity index (χ3v) is 2.52. The van der Waals surface area contributed by atoms with E-state index in [2.05, 4.69) is 9.97 Å². The van der Waals surface area contributed by atoms with E-state index >= 15 is 0 Å². The maximum atomic E-state index is 10.6. The van der Waals surface area contributed by atoms with Crippen LogP contribution in [-0.4, -0.2) is 15.9 Å². The van der Waals surface area contributed by atoms with Gasteiger partial charge in [0.2, 0.25) is 5.16 Å². The Bertz CT molecular complexity index is 507. The van der Waals surface area contributed by atoms with Crippen LogP contribution in [0.1, 0.15) is 12.5 Å². The Morgan fingerprint density at radius 1 is 1.53 bits per heavy atom. The molecule has 0 bridgehead atoms. The zero-order valence-electron chi connectivity index (χ0n) is 8.40. The van der Waals surface area contributed by atoms with E-state index in [1.165, 1.54) is 6.92 Å². The Morgan fingerprint density at radius 3 is 3.07 bits per heavy atom. The summed E-state index contributed by atoms with van der Waals surface area (Å²) in [7, 11) is 0. The number of imidazole rings is 1. The smallest absolute Gasteiger partial charge is 0.315 e. The third-order valence-electron chi connectivity index (χ3n) is 1.85. The van der Waals surface area contributed by atoms with Crippen molar-refractivity contribution in [3.63, 3.8) is 0 Å². The zero-order chi connectivity index (χ0) is 10.8. The molecule has 1 aromatic carbocycles. The highest BCUT2D eigenvalue weighted by Crippen LogP contribution is 2.20. The lowest BCUT2D eigenvalue weighted by atomic mass is 10.2. The molecule has 15 heavy (non-hydrogen) atoms. The van der Waals surface area contributed by atoms with E-state index in [1.807, 2.05) is 25.1 Å². The Kier molecular flexibility index (Phi) is 2.64. The first-order chi connectivity index (χ1) is 7.15. The Morgan fingerprint density at radius 2 is 2.33 bits per heavy atom. The molecule has 0 amide bonds. The van der Waals surface area contributed by atoms with E-state index in [-0.39, 0.29) is 5.97 Å². The molecule has 0 unspecified atom stereocenters. The normalized spacial score (nSPS) is 10.5. The molecule has 5 heteroatoms. The minimum atomic E-state index is -0.336. The van der Waals surface area contributed by atoms with Crippen LogP contribution in [0.5, 0.6) is 0 Å². The van der Waals surface area contributed by atoms with Gasteiger partial charge in [0, 0.05) is 6.92 Å². The minimum Gasteiger partial charge on any atom is -0.383 e. The van der Waals surface area contributed by atoms with E-state index < -0.39 is 0 Å². The molecule has 0 aliphatic rings. The summed E-state index contributed by atoms with van der Waals surface area (Å²) in [6.07, 6.45) is 0. The number of fused-ring (bicyclic) bond motifs is 1. The molecule has 0 atom stereocenters. The summed E-state index contributed by atoms with van der Waals surface area (Å²) in [6.45, 7) is 3.37. The van der Waals surface area contributed by atoms with Crippen molar-refractivity contribution < 1.29 is 8.98 Å². The molecular formula is C10H10N2O2S. The predicted molar refractivity (Wildman–Crippen MR) is 58.5 cm³/mol. The van der Waals surface area contributed by atoms with Crippen LogP contribution in [-0.2, 0) is 8.98 Å². The quantitative estimate of drug-likeness (QED) is 0.793. The summed E-state index contributed by atoms with van der Waals surface area (Å²) in [5.41, 5.74) is 2.98. The number of carbonyl (C=O) groups excluding carboxylic acids is 1. The molecule has 2 aromatic rings. The van der Waals surface area contributed by atoms with Crippen molar-refractivity contribution in [2.75, 3.05) is 0 Å². The van der Waals surface area contributed by atoms with Gasteiger partial charge in [-0.1, -0.05) is 6.07 Å². The minimum absolute atomic E-state index is 0.336. The van der Waals surface area contributed by atoms with Gasteiger partial charge in [-0.05, 0) is 24.6 Å². The first-order valence-corrected chi connectivity index (χ1v) is 5.21. The topological polar surface area (TPSA) is 55.0 Å². The van der Waals surface area contributed by atoms with Gasteiger partial charge < -0.3 is 9.17 Å². The highest BCUT2D eigenvalue weighted by molar-refractivity contribution is 7.94. The summed E-state index contributed by atoms with van der Waals surface area (Å²) in [5, 5.41) is 0.589. The summed E-state index contributed by atoms with van der Waals surface area (Å²) in [4.78, 5) is 17.9. The SMILES string of the molecule is CC(=O)OSc1nc2ccc(C)cc2[nH]1. The van der Waals surface area contributed by atoms with Crippen LogP contribution in [0.2, 0.25) is 0 Å². The van der Waals surface area contributed by atoms with Gasteiger partial charge in [-0.15, -0.1) is 0 Å². The average Bonchev–Trinajstić information content (AvgIpc) is 2.56. The number of rotatable bonds is 2. The van der Waals surface area contributed by atoms with Gasteiger partial charge in [-0.2, -0.15) is 0 Å². The summed E-state index contributed by atoms with van der Waals surface area (Å²) in [6, 6.07) is 5.92. The third kappa shape index (κ3) is 2.30. The fourth-order valence-electron chi connectivity index (χ4n) is 1.24. The van der Waals surface area contributed by atoms with Crippen molar-refractivity contribution in [2.24, 2.45) is 0 Å². The molecule has 1 aromatic heterocycles. The first-order valence-electron chi connectivity index (χ1n) is 4.46. The molecule has 0 aliphatic heterocycles. The van der Waals surface area contributed by atoms with E-state index in [0.717, 1.165) is 28.6 Å². The van der Waals surface area contributed by atoms with Crippen molar-refractivity contribution >= 4 is 29.0 Å². The van der Waals surface area contributed by atoms with Crippen molar-refractivity contribution in [3.05, 3.63) is 23.8 Å². The van der Waals surface area contributed by atoms with Crippen LogP contribution in [0.3, 0.4) is 0 Å². The average molecular weight is 222 g/mol. The fourth-order valence-corrected chi connectivity index (χ4v) is 1.72. The van der Waals surface area contributed by atoms with E-state index in [9.17, 15) is 4.79 Å². The first kappa shape index (κ1) is 10.0. The van der Waals surface area contributed by atoms with Gasteiger partial charge in [0.15, 0.2) is 0 Å². The molecule has 0 aliphatic carbocycles. The molecule has 0 saturated heterocycles.